The van der Waals surface area contributed by atoms with Crippen molar-refractivity contribution in [3.05, 3.63) is 28.9 Å². The summed E-state index contributed by atoms with van der Waals surface area (Å²) in [6.07, 6.45) is 0. The highest BCUT2D eigenvalue weighted by Crippen LogP contribution is 2.11. The summed E-state index contributed by atoms with van der Waals surface area (Å²) in [6.45, 7) is 3.93. The Bertz CT molecular complexity index is 432. The average molecular weight is 161 g/mol. The Labute approximate surface area is 70.7 Å². The summed E-state index contributed by atoms with van der Waals surface area (Å²) in [5.41, 5.74) is 6.11. The van der Waals surface area contributed by atoms with Crippen LogP contribution in [0.2, 0.25) is 0 Å². The van der Waals surface area contributed by atoms with Gasteiger partial charge in [0.2, 0.25) is 0 Å². The van der Waals surface area contributed by atoms with Crippen molar-refractivity contribution in [3.8, 4) is 0 Å². The molecule has 0 aromatic heterocycles. The van der Waals surface area contributed by atoms with Gasteiger partial charge >= 0.3 is 0 Å². The minimum atomic E-state index is -0.336. The van der Waals surface area contributed by atoms with Gasteiger partial charge < -0.3 is 5.73 Å². The molecule has 1 aliphatic rings. The highest BCUT2D eigenvalue weighted by Gasteiger charge is 2.18. The van der Waals surface area contributed by atoms with Gasteiger partial charge in [0.15, 0.2) is 0 Å². The van der Waals surface area contributed by atoms with Crippen LogP contribution in [-0.2, 0) is 0 Å². The third-order valence-electron chi connectivity index (χ3n) is 1.83. The molecule has 3 heteroatoms. The summed E-state index contributed by atoms with van der Waals surface area (Å²) in [6, 6.07) is 5.68. The van der Waals surface area contributed by atoms with Crippen LogP contribution in [0.15, 0.2) is 28.2 Å². The van der Waals surface area contributed by atoms with Gasteiger partial charge in [-0.05, 0) is 26.0 Å². The van der Waals surface area contributed by atoms with Crippen LogP contribution in [-0.4, -0.2) is 5.66 Å². The molecule has 1 heterocycles. The van der Waals surface area contributed by atoms with E-state index in [-0.39, 0.29) is 5.66 Å². The monoisotopic (exact) mass is 161 g/mol. The second-order valence-electron chi connectivity index (χ2n) is 3.43. The van der Waals surface area contributed by atoms with E-state index < -0.39 is 0 Å². The van der Waals surface area contributed by atoms with Crippen LogP contribution >= 0.6 is 0 Å². The van der Waals surface area contributed by atoms with E-state index in [4.69, 9.17) is 5.73 Å². The third-order valence-corrected chi connectivity index (χ3v) is 1.83. The van der Waals surface area contributed by atoms with E-state index in [9.17, 15) is 0 Å². The number of benzene rings is 1. The molecule has 3 nitrogen and oxygen atoms in total. The van der Waals surface area contributed by atoms with Gasteiger partial charge in [0.1, 0.15) is 11.0 Å². The van der Waals surface area contributed by atoms with Crippen molar-refractivity contribution in [3.63, 3.8) is 0 Å². The molecule has 0 bridgehead atoms. The molecule has 1 aromatic rings. The summed E-state index contributed by atoms with van der Waals surface area (Å²) < 4.78 is 0. The second kappa shape index (κ2) is 2.06. The first-order valence-electron chi connectivity index (χ1n) is 3.93. The quantitative estimate of drug-likeness (QED) is 0.545. The van der Waals surface area contributed by atoms with E-state index in [0.717, 1.165) is 10.7 Å². The first kappa shape index (κ1) is 7.28. The van der Waals surface area contributed by atoms with Crippen LogP contribution in [0.3, 0.4) is 0 Å². The lowest BCUT2D eigenvalue weighted by Crippen LogP contribution is -2.24. The molecule has 0 aliphatic carbocycles. The highest BCUT2D eigenvalue weighted by molar-refractivity contribution is 5.36. The van der Waals surface area contributed by atoms with Gasteiger partial charge in [-0.25, -0.2) is 0 Å². The number of nitrogen functional groups attached to an aromatic ring is 1. The number of hydrogen-bond donors (Lipinski definition) is 1. The summed E-state index contributed by atoms with van der Waals surface area (Å²) in [5, 5.41) is 1.74. The predicted octanol–water partition coefficient (Wildman–Crippen LogP) is 0.258. The molecule has 2 N–H and O–H groups in total. The van der Waals surface area contributed by atoms with Crippen LogP contribution in [0.4, 0.5) is 5.69 Å². The van der Waals surface area contributed by atoms with E-state index in [0.29, 0.717) is 5.69 Å². The summed E-state index contributed by atoms with van der Waals surface area (Å²) >= 11 is 0. The average Bonchev–Trinajstić information content (AvgIpc) is 2.25. The van der Waals surface area contributed by atoms with E-state index in [1.807, 2.05) is 32.0 Å². The fourth-order valence-electron chi connectivity index (χ4n) is 1.35. The number of rotatable bonds is 0. The highest BCUT2D eigenvalue weighted by atomic mass is 15.1. The van der Waals surface area contributed by atoms with E-state index in [1.165, 1.54) is 0 Å². The Morgan fingerprint density at radius 2 is 2.00 bits per heavy atom. The third kappa shape index (κ3) is 0.978. The van der Waals surface area contributed by atoms with Crippen molar-refractivity contribution in [2.45, 2.75) is 19.5 Å². The van der Waals surface area contributed by atoms with Gasteiger partial charge in [-0.2, -0.15) is 0 Å². The molecule has 0 unspecified atom stereocenters. The van der Waals surface area contributed by atoms with Crippen molar-refractivity contribution in [1.29, 1.82) is 0 Å². The molecule has 62 valence electrons. The number of nitrogens with zero attached hydrogens (tertiary/aromatic N) is 2. The fourth-order valence-corrected chi connectivity index (χ4v) is 1.35. The lowest BCUT2D eigenvalue weighted by molar-refractivity contribution is 0.549. The molecule has 2 rings (SSSR count). The van der Waals surface area contributed by atoms with Gasteiger partial charge in [0.05, 0.1) is 11.0 Å². The standard InChI is InChI=1S/C9H11N3/c1-9(2)11-7-5-3-4-6(10)8(7)12-9/h3-5H,10H2,1-2H3. The Balaban J connectivity index is 2.86. The Hall–Kier alpha value is -1.38. The molecule has 1 aromatic carbocycles. The molecular formula is C9H11N3. The maximum absolute atomic E-state index is 5.74. The molecule has 1 aliphatic heterocycles. The smallest absolute Gasteiger partial charge is 0.146 e. The zero-order chi connectivity index (χ0) is 8.77. The Morgan fingerprint density at radius 3 is 2.67 bits per heavy atom. The molecule has 0 fully saturated rings. The molecule has 0 spiro atoms. The molecule has 0 radical (unpaired) electrons. The van der Waals surface area contributed by atoms with Crippen molar-refractivity contribution in [2.24, 2.45) is 9.98 Å². The Kier molecular flexibility index (Phi) is 1.25. The molecular weight excluding hydrogens is 150 g/mol. The second-order valence-corrected chi connectivity index (χ2v) is 3.43. The maximum atomic E-state index is 5.74. The normalized spacial score (nSPS) is 17.8. The van der Waals surface area contributed by atoms with Crippen molar-refractivity contribution >= 4 is 5.69 Å². The van der Waals surface area contributed by atoms with Crippen molar-refractivity contribution < 1.29 is 0 Å². The number of para-hydroxylation sites is 1. The van der Waals surface area contributed by atoms with Gasteiger partial charge in [-0.1, -0.05) is 6.07 Å². The molecule has 12 heavy (non-hydrogen) atoms. The first-order valence-corrected chi connectivity index (χ1v) is 3.93. The van der Waals surface area contributed by atoms with E-state index >= 15 is 0 Å². The maximum Gasteiger partial charge on any atom is 0.146 e. The summed E-state index contributed by atoms with van der Waals surface area (Å²) in [5.74, 6) is 0. The van der Waals surface area contributed by atoms with Gasteiger partial charge in [0.25, 0.3) is 0 Å². The summed E-state index contributed by atoms with van der Waals surface area (Å²) in [4.78, 5) is 8.79. The molecule has 0 saturated heterocycles. The van der Waals surface area contributed by atoms with Crippen molar-refractivity contribution in [1.82, 2.24) is 0 Å². The van der Waals surface area contributed by atoms with Crippen LogP contribution < -0.4 is 16.4 Å². The predicted molar refractivity (Wildman–Crippen MR) is 47.2 cm³/mol. The van der Waals surface area contributed by atoms with Crippen LogP contribution in [0.25, 0.3) is 0 Å². The molecule has 0 amide bonds. The SMILES string of the molecule is CC1(C)N=c2cccc(N)c2=N1. The number of hydrogen-bond acceptors (Lipinski definition) is 3. The van der Waals surface area contributed by atoms with E-state index in [2.05, 4.69) is 9.98 Å². The van der Waals surface area contributed by atoms with Gasteiger partial charge in [-0.15, -0.1) is 0 Å². The zero-order valence-electron chi connectivity index (χ0n) is 7.20. The molecule has 0 saturated carbocycles. The number of anilines is 1. The van der Waals surface area contributed by atoms with E-state index in [1.54, 1.807) is 0 Å². The van der Waals surface area contributed by atoms with Gasteiger partial charge in [0, 0.05) is 0 Å². The fraction of sp³-hybridized carbons (Fsp3) is 0.333. The van der Waals surface area contributed by atoms with Crippen LogP contribution in [0.1, 0.15) is 13.8 Å². The topological polar surface area (TPSA) is 50.7 Å². The minimum Gasteiger partial charge on any atom is -0.397 e. The largest absolute Gasteiger partial charge is 0.397 e. The number of nitrogens with two attached hydrogens (primary N) is 1. The van der Waals surface area contributed by atoms with Crippen LogP contribution in [0.5, 0.6) is 0 Å². The first-order chi connectivity index (χ1) is 5.58. The lowest BCUT2D eigenvalue weighted by atomic mass is 10.3. The summed E-state index contributed by atoms with van der Waals surface area (Å²) in [7, 11) is 0. The lowest BCUT2D eigenvalue weighted by Gasteiger charge is -2.07. The Morgan fingerprint density at radius 1 is 1.25 bits per heavy atom. The minimum absolute atomic E-state index is 0.336. The molecule has 0 atom stereocenters. The zero-order valence-corrected chi connectivity index (χ0v) is 7.20. The van der Waals surface area contributed by atoms with Crippen molar-refractivity contribution in [2.75, 3.05) is 5.73 Å². The van der Waals surface area contributed by atoms with Gasteiger partial charge in [-0.3, -0.25) is 9.98 Å². The number of fused-ring (bicyclic) bond motifs is 1. The van der Waals surface area contributed by atoms with Crippen LogP contribution in [0, 0.1) is 0 Å².